The summed E-state index contributed by atoms with van der Waals surface area (Å²) in [5, 5.41) is 19.8. The van der Waals surface area contributed by atoms with E-state index in [-0.39, 0.29) is 35.5 Å². The first-order valence-corrected chi connectivity index (χ1v) is 6.00. The predicted octanol–water partition coefficient (Wildman–Crippen LogP) is 0.774. The number of nitrogens with zero attached hydrogens (tertiary/aromatic N) is 2. The Balaban J connectivity index is 2.26. The monoisotopic (exact) mass is 265 g/mol. The first kappa shape index (κ1) is 13.3. The SMILES string of the molecule is Nc1cc([N+](=O)[O-])ccc1C(=O)N1CCC[C@H]1CO. The minimum Gasteiger partial charge on any atom is -0.398 e. The van der Waals surface area contributed by atoms with Gasteiger partial charge in [0.05, 0.1) is 28.8 Å². The van der Waals surface area contributed by atoms with Gasteiger partial charge in [-0.05, 0) is 18.9 Å². The summed E-state index contributed by atoms with van der Waals surface area (Å²) >= 11 is 0. The quantitative estimate of drug-likeness (QED) is 0.476. The third kappa shape index (κ3) is 2.50. The number of anilines is 1. The number of hydrogen-bond acceptors (Lipinski definition) is 5. The van der Waals surface area contributed by atoms with E-state index < -0.39 is 4.92 Å². The molecule has 0 aliphatic carbocycles. The highest BCUT2D eigenvalue weighted by atomic mass is 16.6. The number of aliphatic hydroxyl groups is 1. The largest absolute Gasteiger partial charge is 0.398 e. The predicted molar refractivity (Wildman–Crippen MR) is 68.7 cm³/mol. The molecule has 19 heavy (non-hydrogen) atoms. The summed E-state index contributed by atoms with van der Waals surface area (Å²) in [6.07, 6.45) is 1.60. The van der Waals surface area contributed by atoms with E-state index in [2.05, 4.69) is 0 Å². The molecule has 1 fully saturated rings. The highest BCUT2D eigenvalue weighted by Gasteiger charge is 2.30. The van der Waals surface area contributed by atoms with Crippen molar-refractivity contribution < 1.29 is 14.8 Å². The summed E-state index contributed by atoms with van der Waals surface area (Å²) in [7, 11) is 0. The van der Waals surface area contributed by atoms with Gasteiger partial charge in [-0.2, -0.15) is 0 Å². The molecule has 0 bridgehead atoms. The van der Waals surface area contributed by atoms with Gasteiger partial charge in [0.1, 0.15) is 0 Å². The molecule has 1 aromatic rings. The molecule has 1 heterocycles. The van der Waals surface area contributed by atoms with Crippen molar-refractivity contribution >= 4 is 17.3 Å². The number of hydrogen-bond donors (Lipinski definition) is 2. The maximum Gasteiger partial charge on any atom is 0.271 e. The lowest BCUT2D eigenvalue weighted by Crippen LogP contribution is -2.37. The molecule has 0 spiro atoms. The smallest absolute Gasteiger partial charge is 0.271 e. The van der Waals surface area contributed by atoms with Crippen LogP contribution >= 0.6 is 0 Å². The Morgan fingerprint density at radius 2 is 2.32 bits per heavy atom. The van der Waals surface area contributed by atoms with Crippen molar-refractivity contribution in [2.75, 3.05) is 18.9 Å². The van der Waals surface area contributed by atoms with E-state index in [1.165, 1.54) is 18.2 Å². The molecule has 0 unspecified atom stereocenters. The van der Waals surface area contributed by atoms with Crippen molar-refractivity contribution in [2.45, 2.75) is 18.9 Å². The summed E-state index contributed by atoms with van der Waals surface area (Å²) in [5.74, 6) is -0.288. The molecule has 1 amide bonds. The van der Waals surface area contributed by atoms with Crippen LogP contribution in [0.25, 0.3) is 0 Å². The van der Waals surface area contributed by atoms with Crippen molar-refractivity contribution in [2.24, 2.45) is 0 Å². The highest BCUT2D eigenvalue weighted by Crippen LogP contribution is 2.25. The third-order valence-electron chi connectivity index (χ3n) is 3.33. The number of nitrogen functional groups attached to an aromatic ring is 1. The number of benzene rings is 1. The second-order valence-corrected chi connectivity index (χ2v) is 4.51. The van der Waals surface area contributed by atoms with Gasteiger partial charge < -0.3 is 15.7 Å². The minimum absolute atomic E-state index is 0.0847. The Morgan fingerprint density at radius 3 is 2.89 bits per heavy atom. The molecule has 0 radical (unpaired) electrons. The highest BCUT2D eigenvalue weighted by molar-refractivity contribution is 5.99. The van der Waals surface area contributed by atoms with Gasteiger partial charge in [-0.15, -0.1) is 0 Å². The number of nitro benzene ring substituents is 1. The van der Waals surface area contributed by atoms with E-state index in [0.29, 0.717) is 6.54 Å². The van der Waals surface area contributed by atoms with Crippen LogP contribution in [-0.2, 0) is 0 Å². The summed E-state index contributed by atoms with van der Waals surface area (Å²) in [6.45, 7) is 0.485. The minimum atomic E-state index is -0.559. The van der Waals surface area contributed by atoms with Crippen LogP contribution in [0.15, 0.2) is 18.2 Å². The maximum atomic E-state index is 12.3. The van der Waals surface area contributed by atoms with Crippen molar-refractivity contribution in [3.05, 3.63) is 33.9 Å². The summed E-state index contributed by atoms with van der Waals surface area (Å²) < 4.78 is 0. The fourth-order valence-corrected chi connectivity index (χ4v) is 2.31. The summed E-state index contributed by atoms with van der Waals surface area (Å²) in [5.41, 5.74) is 5.88. The Kier molecular flexibility index (Phi) is 3.66. The molecule has 1 atom stereocenters. The van der Waals surface area contributed by atoms with Crippen LogP contribution in [0, 0.1) is 10.1 Å². The number of carbonyl (C=O) groups excluding carboxylic acids is 1. The van der Waals surface area contributed by atoms with Crippen LogP contribution in [0.3, 0.4) is 0 Å². The van der Waals surface area contributed by atoms with Gasteiger partial charge in [0.15, 0.2) is 0 Å². The molecular weight excluding hydrogens is 250 g/mol. The molecule has 0 saturated carbocycles. The van der Waals surface area contributed by atoms with Gasteiger partial charge in [0.2, 0.25) is 0 Å². The van der Waals surface area contributed by atoms with Crippen LogP contribution < -0.4 is 5.73 Å². The van der Waals surface area contributed by atoms with Gasteiger partial charge in [-0.25, -0.2) is 0 Å². The molecule has 1 aliphatic rings. The third-order valence-corrected chi connectivity index (χ3v) is 3.33. The fourth-order valence-electron chi connectivity index (χ4n) is 2.31. The molecule has 7 heteroatoms. The van der Waals surface area contributed by atoms with Crippen LogP contribution in [0.2, 0.25) is 0 Å². The number of likely N-dealkylation sites (tertiary alicyclic amines) is 1. The topological polar surface area (TPSA) is 110 Å². The van der Waals surface area contributed by atoms with Gasteiger partial charge in [-0.1, -0.05) is 0 Å². The van der Waals surface area contributed by atoms with Crippen molar-refractivity contribution in [3.63, 3.8) is 0 Å². The lowest BCUT2D eigenvalue weighted by molar-refractivity contribution is -0.384. The average molecular weight is 265 g/mol. The van der Waals surface area contributed by atoms with Gasteiger partial charge >= 0.3 is 0 Å². The lowest BCUT2D eigenvalue weighted by Gasteiger charge is -2.23. The normalized spacial score (nSPS) is 18.6. The van der Waals surface area contributed by atoms with Crippen molar-refractivity contribution in [1.82, 2.24) is 4.90 Å². The van der Waals surface area contributed by atoms with E-state index in [4.69, 9.17) is 5.73 Å². The average Bonchev–Trinajstić information content (AvgIpc) is 2.85. The Hall–Kier alpha value is -2.15. The van der Waals surface area contributed by atoms with Crippen LogP contribution in [0.5, 0.6) is 0 Å². The molecular formula is C12H15N3O4. The van der Waals surface area contributed by atoms with Gasteiger partial charge in [0.25, 0.3) is 11.6 Å². The summed E-state index contributed by atoms with van der Waals surface area (Å²) in [6, 6.07) is 3.61. The van der Waals surface area contributed by atoms with Crippen LogP contribution in [0.4, 0.5) is 11.4 Å². The van der Waals surface area contributed by atoms with E-state index >= 15 is 0 Å². The second kappa shape index (κ2) is 5.23. The number of nitro groups is 1. The number of carbonyl (C=O) groups is 1. The van der Waals surface area contributed by atoms with E-state index in [0.717, 1.165) is 12.8 Å². The van der Waals surface area contributed by atoms with E-state index in [9.17, 15) is 20.0 Å². The number of rotatable bonds is 3. The zero-order valence-corrected chi connectivity index (χ0v) is 10.3. The molecule has 0 aromatic heterocycles. The van der Waals surface area contributed by atoms with Crippen molar-refractivity contribution in [1.29, 1.82) is 0 Å². The van der Waals surface area contributed by atoms with Crippen molar-refractivity contribution in [3.8, 4) is 0 Å². The Labute approximate surface area is 109 Å². The second-order valence-electron chi connectivity index (χ2n) is 4.51. The number of aliphatic hydroxyl groups excluding tert-OH is 1. The lowest BCUT2D eigenvalue weighted by atomic mass is 10.1. The molecule has 1 aliphatic heterocycles. The first-order valence-electron chi connectivity index (χ1n) is 6.00. The molecule has 3 N–H and O–H groups in total. The number of nitrogens with two attached hydrogens (primary N) is 1. The number of non-ortho nitro benzene ring substituents is 1. The molecule has 7 nitrogen and oxygen atoms in total. The van der Waals surface area contributed by atoms with Gasteiger partial charge in [0, 0.05) is 18.7 Å². The van der Waals surface area contributed by atoms with Crippen LogP contribution in [0.1, 0.15) is 23.2 Å². The number of amides is 1. The fraction of sp³-hybridized carbons (Fsp3) is 0.417. The molecule has 102 valence electrons. The molecule has 2 rings (SSSR count). The molecule has 1 saturated heterocycles. The maximum absolute atomic E-state index is 12.3. The van der Waals surface area contributed by atoms with E-state index in [1.54, 1.807) is 4.90 Å². The zero-order chi connectivity index (χ0) is 14.0. The Bertz CT molecular complexity index is 518. The first-order chi connectivity index (χ1) is 9.04. The van der Waals surface area contributed by atoms with E-state index in [1.807, 2.05) is 0 Å². The zero-order valence-electron chi connectivity index (χ0n) is 10.3. The Morgan fingerprint density at radius 1 is 1.58 bits per heavy atom. The van der Waals surface area contributed by atoms with Crippen LogP contribution in [-0.4, -0.2) is 40.0 Å². The standard InChI is InChI=1S/C12H15N3O4/c13-11-6-8(15(18)19)3-4-10(11)12(17)14-5-1-2-9(14)7-16/h3-4,6,9,16H,1-2,5,7,13H2/t9-/m0/s1. The molecule has 1 aromatic carbocycles. The summed E-state index contributed by atoms with van der Waals surface area (Å²) in [4.78, 5) is 23.9. The van der Waals surface area contributed by atoms with Gasteiger partial charge in [-0.3, -0.25) is 14.9 Å².